The lowest BCUT2D eigenvalue weighted by Gasteiger charge is -2.30. The number of hydrogen-bond acceptors (Lipinski definition) is 2. The summed E-state index contributed by atoms with van der Waals surface area (Å²) in [6, 6.07) is -0.0657. The number of rotatable bonds is 5. The van der Waals surface area contributed by atoms with Crippen LogP contribution >= 0.6 is 0 Å². The molecule has 0 aliphatic heterocycles. The van der Waals surface area contributed by atoms with Crippen LogP contribution in [0, 0.1) is 17.8 Å². The zero-order valence-electron chi connectivity index (χ0n) is 11.8. The molecule has 0 aromatic rings. The monoisotopic (exact) mass is 268 g/mol. The molecule has 2 amide bonds. The number of carbonyl (C=O) groups is 2. The van der Waals surface area contributed by atoms with Crippen LogP contribution in [0.4, 0.5) is 4.79 Å². The molecule has 2 saturated carbocycles. The lowest BCUT2D eigenvalue weighted by Crippen LogP contribution is -2.42. The second-order valence-corrected chi connectivity index (χ2v) is 6.16. The van der Waals surface area contributed by atoms with Crippen molar-refractivity contribution in [2.24, 2.45) is 17.8 Å². The maximum atomic E-state index is 12.1. The largest absolute Gasteiger partial charge is 0.481 e. The van der Waals surface area contributed by atoms with E-state index in [2.05, 4.69) is 0 Å². The van der Waals surface area contributed by atoms with Gasteiger partial charge in [-0.1, -0.05) is 6.42 Å². The van der Waals surface area contributed by atoms with Crippen LogP contribution in [0.1, 0.15) is 32.1 Å². The van der Waals surface area contributed by atoms with Gasteiger partial charge in [0.2, 0.25) is 0 Å². The smallest absolute Gasteiger partial charge is 0.319 e. The highest BCUT2D eigenvalue weighted by Gasteiger charge is 2.40. The summed E-state index contributed by atoms with van der Waals surface area (Å²) >= 11 is 0. The Labute approximate surface area is 114 Å². The molecule has 5 heteroatoms. The number of carbonyl (C=O) groups excluding carboxylic acids is 1. The highest BCUT2D eigenvalue weighted by Crippen LogP contribution is 2.48. The topological polar surface area (TPSA) is 60.9 Å². The summed E-state index contributed by atoms with van der Waals surface area (Å²) in [6.07, 6.45) is 5.32. The SMILES string of the molecule is CN(CCC(=O)O)C(=O)N(C)CC1CC2CCC1C2. The Morgan fingerprint density at radius 1 is 1.16 bits per heavy atom. The molecule has 108 valence electrons. The van der Waals surface area contributed by atoms with Gasteiger partial charge in [0, 0.05) is 27.2 Å². The molecule has 0 heterocycles. The molecule has 3 unspecified atom stereocenters. The molecule has 19 heavy (non-hydrogen) atoms. The fourth-order valence-corrected chi connectivity index (χ4v) is 3.68. The fourth-order valence-electron chi connectivity index (χ4n) is 3.68. The van der Waals surface area contributed by atoms with E-state index >= 15 is 0 Å². The molecule has 2 rings (SSSR count). The van der Waals surface area contributed by atoms with E-state index in [9.17, 15) is 9.59 Å². The normalized spacial score (nSPS) is 28.4. The Balaban J connectivity index is 1.77. The summed E-state index contributed by atoms with van der Waals surface area (Å²) in [6.45, 7) is 1.09. The summed E-state index contributed by atoms with van der Waals surface area (Å²) < 4.78 is 0. The van der Waals surface area contributed by atoms with Gasteiger partial charge in [0.15, 0.2) is 0 Å². The Morgan fingerprint density at radius 3 is 2.42 bits per heavy atom. The van der Waals surface area contributed by atoms with Crippen LogP contribution in [0.2, 0.25) is 0 Å². The molecule has 0 spiro atoms. The Morgan fingerprint density at radius 2 is 1.89 bits per heavy atom. The first kappa shape index (κ1) is 14.2. The minimum absolute atomic E-state index is 0.00417. The van der Waals surface area contributed by atoms with Crippen molar-refractivity contribution in [3.63, 3.8) is 0 Å². The first-order chi connectivity index (χ1) is 8.97. The third-order valence-corrected chi connectivity index (χ3v) is 4.71. The van der Waals surface area contributed by atoms with Gasteiger partial charge in [0.1, 0.15) is 0 Å². The molecule has 0 aromatic heterocycles. The number of hydrogen-bond donors (Lipinski definition) is 1. The number of urea groups is 1. The number of carboxylic acids is 1. The predicted molar refractivity (Wildman–Crippen MR) is 71.8 cm³/mol. The van der Waals surface area contributed by atoms with Gasteiger partial charge in [-0.15, -0.1) is 0 Å². The molecule has 2 bridgehead atoms. The molecule has 0 aromatic carbocycles. The van der Waals surface area contributed by atoms with Crippen LogP contribution in [-0.4, -0.2) is 54.1 Å². The van der Waals surface area contributed by atoms with Crippen LogP contribution in [0.3, 0.4) is 0 Å². The van der Waals surface area contributed by atoms with E-state index in [1.165, 1.54) is 30.6 Å². The summed E-state index contributed by atoms with van der Waals surface area (Å²) in [5.41, 5.74) is 0. The lowest BCUT2D eigenvalue weighted by atomic mass is 9.88. The average molecular weight is 268 g/mol. The quantitative estimate of drug-likeness (QED) is 0.828. The zero-order chi connectivity index (χ0) is 14.0. The van der Waals surface area contributed by atoms with E-state index in [-0.39, 0.29) is 19.0 Å². The van der Waals surface area contributed by atoms with Crippen LogP contribution in [0.15, 0.2) is 0 Å². The zero-order valence-corrected chi connectivity index (χ0v) is 11.8. The number of aliphatic carboxylic acids is 1. The van der Waals surface area contributed by atoms with Gasteiger partial charge >= 0.3 is 12.0 Å². The van der Waals surface area contributed by atoms with Crippen molar-refractivity contribution in [1.29, 1.82) is 0 Å². The Bertz CT molecular complexity index is 359. The summed E-state index contributed by atoms with van der Waals surface area (Å²) in [5.74, 6) is 1.49. The van der Waals surface area contributed by atoms with Crippen molar-refractivity contribution in [3.8, 4) is 0 Å². The molecular formula is C14H24N2O3. The molecule has 2 aliphatic rings. The first-order valence-corrected chi connectivity index (χ1v) is 7.15. The van der Waals surface area contributed by atoms with Crippen molar-refractivity contribution in [3.05, 3.63) is 0 Å². The standard InChI is InChI=1S/C14H24N2O3/c1-15(6-5-13(17)18)14(19)16(2)9-12-8-10-3-4-11(12)7-10/h10-12H,3-9H2,1-2H3,(H,17,18). The fraction of sp³-hybridized carbons (Fsp3) is 0.857. The Hall–Kier alpha value is -1.26. The van der Waals surface area contributed by atoms with E-state index in [0.29, 0.717) is 5.92 Å². The van der Waals surface area contributed by atoms with Crippen molar-refractivity contribution < 1.29 is 14.7 Å². The maximum Gasteiger partial charge on any atom is 0.319 e. The molecular weight excluding hydrogens is 244 g/mol. The van der Waals surface area contributed by atoms with E-state index in [1.54, 1.807) is 11.9 Å². The van der Waals surface area contributed by atoms with E-state index in [1.807, 2.05) is 7.05 Å². The van der Waals surface area contributed by atoms with Crippen molar-refractivity contribution >= 4 is 12.0 Å². The average Bonchev–Trinajstić information content (AvgIpc) is 2.96. The predicted octanol–water partition coefficient (Wildman–Crippen LogP) is 1.88. The van der Waals surface area contributed by atoms with Crippen molar-refractivity contribution in [2.75, 3.05) is 27.2 Å². The van der Waals surface area contributed by atoms with Gasteiger partial charge in [0.05, 0.1) is 6.42 Å². The van der Waals surface area contributed by atoms with Crippen LogP contribution in [-0.2, 0) is 4.79 Å². The Kier molecular flexibility index (Phi) is 4.32. The third kappa shape index (κ3) is 3.39. The second-order valence-electron chi connectivity index (χ2n) is 6.16. The molecule has 2 aliphatic carbocycles. The summed E-state index contributed by atoms with van der Waals surface area (Å²) in [5, 5.41) is 8.63. The number of amides is 2. The summed E-state index contributed by atoms with van der Waals surface area (Å²) in [4.78, 5) is 25.9. The molecule has 0 radical (unpaired) electrons. The first-order valence-electron chi connectivity index (χ1n) is 7.15. The van der Waals surface area contributed by atoms with Gasteiger partial charge in [-0.3, -0.25) is 4.79 Å². The molecule has 1 N–H and O–H groups in total. The van der Waals surface area contributed by atoms with Crippen LogP contribution in [0.25, 0.3) is 0 Å². The molecule has 5 nitrogen and oxygen atoms in total. The summed E-state index contributed by atoms with van der Waals surface area (Å²) in [7, 11) is 3.49. The van der Waals surface area contributed by atoms with Crippen LogP contribution < -0.4 is 0 Å². The molecule has 0 saturated heterocycles. The number of carboxylic acid groups (broad SMARTS) is 1. The minimum atomic E-state index is -0.865. The highest BCUT2D eigenvalue weighted by atomic mass is 16.4. The maximum absolute atomic E-state index is 12.1. The number of fused-ring (bicyclic) bond motifs is 2. The minimum Gasteiger partial charge on any atom is -0.481 e. The lowest BCUT2D eigenvalue weighted by molar-refractivity contribution is -0.137. The van der Waals surface area contributed by atoms with Gasteiger partial charge < -0.3 is 14.9 Å². The second kappa shape index (κ2) is 5.80. The third-order valence-electron chi connectivity index (χ3n) is 4.71. The molecule has 2 fully saturated rings. The van der Waals surface area contributed by atoms with Crippen molar-refractivity contribution in [2.45, 2.75) is 32.1 Å². The number of nitrogens with zero attached hydrogens (tertiary/aromatic N) is 2. The van der Waals surface area contributed by atoms with Crippen LogP contribution in [0.5, 0.6) is 0 Å². The molecule has 3 atom stereocenters. The van der Waals surface area contributed by atoms with E-state index in [4.69, 9.17) is 5.11 Å². The highest BCUT2D eigenvalue weighted by molar-refractivity contribution is 5.75. The van der Waals surface area contributed by atoms with Crippen molar-refractivity contribution in [1.82, 2.24) is 9.80 Å². The van der Waals surface area contributed by atoms with E-state index in [0.717, 1.165) is 18.4 Å². The van der Waals surface area contributed by atoms with Gasteiger partial charge in [-0.05, 0) is 37.0 Å². The van der Waals surface area contributed by atoms with Gasteiger partial charge in [-0.25, -0.2) is 4.79 Å². The van der Waals surface area contributed by atoms with Gasteiger partial charge in [-0.2, -0.15) is 0 Å². The van der Waals surface area contributed by atoms with E-state index < -0.39 is 5.97 Å². The van der Waals surface area contributed by atoms with Gasteiger partial charge in [0.25, 0.3) is 0 Å².